The lowest BCUT2D eigenvalue weighted by Gasteiger charge is -2.31. The number of nitrogens with one attached hydrogen (secondary N) is 1. The van der Waals surface area contributed by atoms with Crippen molar-refractivity contribution in [1.29, 1.82) is 0 Å². The first-order valence-corrected chi connectivity index (χ1v) is 8.07. The van der Waals surface area contributed by atoms with Crippen LogP contribution in [0, 0.1) is 11.3 Å². The highest BCUT2D eigenvalue weighted by Gasteiger charge is 2.27. The van der Waals surface area contributed by atoms with E-state index in [0.717, 1.165) is 30.2 Å². The van der Waals surface area contributed by atoms with E-state index in [1.165, 1.54) is 0 Å². The Hall–Kier alpha value is -0.580. The Morgan fingerprint density at radius 3 is 2.48 bits per heavy atom. The third-order valence-electron chi connectivity index (χ3n) is 4.34. The Balaban J connectivity index is 2.92. The van der Waals surface area contributed by atoms with E-state index in [4.69, 9.17) is 11.6 Å². The van der Waals surface area contributed by atoms with E-state index < -0.39 is 0 Å². The van der Waals surface area contributed by atoms with Gasteiger partial charge in [0.15, 0.2) is 0 Å². The van der Waals surface area contributed by atoms with Crippen molar-refractivity contribution in [2.45, 2.75) is 46.7 Å². The van der Waals surface area contributed by atoms with Crippen LogP contribution >= 0.6 is 11.6 Å². The molecule has 1 aromatic rings. The average Bonchev–Trinajstić information content (AvgIpc) is 2.73. The van der Waals surface area contributed by atoms with Crippen molar-refractivity contribution in [3.05, 3.63) is 16.9 Å². The van der Waals surface area contributed by atoms with Crippen molar-refractivity contribution < 1.29 is 0 Å². The molecule has 5 heteroatoms. The van der Waals surface area contributed by atoms with E-state index in [9.17, 15) is 0 Å². The van der Waals surface area contributed by atoms with Crippen LogP contribution in [0.15, 0.2) is 6.20 Å². The first-order chi connectivity index (χ1) is 9.66. The van der Waals surface area contributed by atoms with E-state index in [1.54, 1.807) is 6.20 Å². The van der Waals surface area contributed by atoms with Crippen LogP contribution in [0.25, 0.3) is 0 Å². The van der Waals surface area contributed by atoms with Gasteiger partial charge < -0.3 is 10.2 Å². The van der Waals surface area contributed by atoms with Crippen LogP contribution < -0.4 is 5.32 Å². The van der Waals surface area contributed by atoms with Crippen LogP contribution in [0.2, 0.25) is 5.02 Å². The van der Waals surface area contributed by atoms with Crippen LogP contribution in [0.3, 0.4) is 0 Å². The fraction of sp³-hybridized carbons (Fsp3) is 0.812. The van der Waals surface area contributed by atoms with Gasteiger partial charge in [-0.25, -0.2) is 0 Å². The van der Waals surface area contributed by atoms with Crippen LogP contribution in [0.1, 0.15) is 45.9 Å². The normalized spacial score (nSPS) is 15.5. The molecule has 0 saturated heterocycles. The molecule has 2 atom stereocenters. The molecule has 1 aromatic heterocycles. The highest BCUT2D eigenvalue weighted by molar-refractivity contribution is 6.31. The van der Waals surface area contributed by atoms with Gasteiger partial charge in [0, 0.05) is 6.54 Å². The predicted molar refractivity (Wildman–Crippen MR) is 90.8 cm³/mol. The standard InChI is InChI=1S/C16H31ClN4/c1-12(16(2,3)4)10-14(18-5)15-13(17)11-19-21(15)9-8-20(6)7/h11-12,14,18H,8-10H2,1-7H3. The third kappa shape index (κ3) is 5.28. The summed E-state index contributed by atoms with van der Waals surface area (Å²) in [5.41, 5.74) is 1.40. The van der Waals surface area contributed by atoms with Gasteiger partial charge in [-0.05, 0) is 38.9 Å². The van der Waals surface area contributed by atoms with Gasteiger partial charge in [0.25, 0.3) is 0 Å². The van der Waals surface area contributed by atoms with Crippen molar-refractivity contribution >= 4 is 11.6 Å². The minimum absolute atomic E-state index is 0.233. The molecule has 0 aliphatic rings. The zero-order chi connectivity index (χ0) is 16.2. The van der Waals surface area contributed by atoms with E-state index in [0.29, 0.717) is 5.92 Å². The minimum atomic E-state index is 0.233. The second-order valence-corrected chi connectivity index (χ2v) is 7.66. The summed E-state index contributed by atoms with van der Waals surface area (Å²) in [5, 5.41) is 8.62. The molecule has 1 rings (SSSR count). The molecular weight excluding hydrogens is 284 g/mol. The van der Waals surface area contributed by atoms with Gasteiger partial charge in [0.1, 0.15) is 0 Å². The molecule has 0 saturated carbocycles. The summed E-state index contributed by atoms with van der Waals surface area (Å²) in [4.78, 5) is 2.16. The summed E-state index contributed by atoms with van der Waals surface area (Å²) < 4.78 is 2.04. The van der Waals surface area contributed by atoms with E-state index in [-0.39, 0.29) is 11.5 Å². The van der Waals surface area contributed by atoms with Crippen molar-refractivity contribution in [3.8, 4) is 0 Å². The first kappa shape index (κ1) is 18.5. The summed E-state index contributed by atoms with van der Waals surface area (Å²) in [6.07, 6.45) is 2.81. The van der Waals surface area contributed by atoms with Crippen molar-refractivity contribution in [1.82, 2.24) is 20.0 Å². The lowest BCUT2D eigenvalue weighted by atomic mass is 9.78. The number of hydrogen-bond donors (Lipinski definition) is 1. The van der Waals surface area contributed by atoms with Crippen LogP contribution in [-0.2, 0) is 6.54 Å². The van der Waals surface area contributed by atoms with Crippen molar-refractivity contribution in [3.63, 3.8) is 0 Å². The SMILES string of the molecule is CNC(CC(C)C(C)(C)C)c1c(Cl)cnn1CCN(C)C. The molecule has 0 bridgehead atoms. The summed E-state index contributed by atoms with van der Waals surface area (Å²) in [5.74, 6) is 0.586. The summed E-state index contributed by atoms with van der Waals surface area (Å²) in [6.45, 7) is 11.0. The highest BCUT2D eigenvalue weighted by Crippen LogP contribution is 2.35. The molecule has 0 aromatic carbocycles. The highest BCUT2D eigenvalue weighted by atomic mass is 35.5. The van der Waals surface area contributed by atoms with E-state index in [2.05, 4.69) is 57.1 Å². The molecule has 1 N–H and O–H groups in total. The Bertz CT molecular complexity index is 434. The number of rotatable bonds is 7. The molecule has 2 unspecified atom stereocenters. The first-order valence-electron chi connectivity index (χ1n) is 7.70. The molecule has 0 amide bonds. The average molecular weight is 315 g/mol. The Morgan fingerprint density at radius 2 is 2.00 bits per heavy atom. The topological polar surface area (TPSA) is 33.1 Å². The molecule has 0 fully saturated rings. The maximum atomic E-state index is 6.39. The fourth-order valence-corrected chi connectivity index (χ4v) is 2.54. The van der Waals surface area contributed by atoms with Gasteiger partial charge >= 0.3 is 0 Å². The molecule has 0 aliphatic heterocycles. The maximum Gasteiger partial charge on any atom is 0.0834 e. The molecule has 122 valence electrons. The van der Waals surface area contributed by atoms with Crippen molar-refractivity contribution in [2.75, 3.05) is 27.7 Å². The monoisotopic (exact) mass is 314 g/mol. The smallest absolute Gasteiger partial charge is 0.0834 e. The van der Waals surface area contributed by atoms with Crippen molar-refractivity contribution in [2.24, 2.45) is 11.3 Å². The zero-order valence-electron chi connectivity index (χ0n) is 14.6. The summed E-state index contributed by atoms with van der Waals surface area (Å²) >= 11 is 6.39. The van der Waals surface area contributed by atoms with Crippen LogP contribution in [-0.4, -0.2) is 42.4 Å². The number of nitrogens with zero attached hydrogens (tertiary/aromatic N) is 3. The number of aromatic nitrogens is 2. The third-order valence-corrected chi connectivity index (χ3v) is 4.63. The zero-order valence-corrected chi connectivity index (χ0v) is 15.3. The minimum Gasteiger partial charge on any atom is -0.312 e. The summed E-state index contributed by atoms with van der Waals surface area (Å²) in [6, 6.07) is 0.233. The largest absolute Gasteiger partial charge is 0.312 e. The molecule has 4 nitrogen and oxygen atoms in total. The number of likely N-dealkylation sites (N-methyl/N-ethyl adjacent to an activating group) is 1. The van der Waals surface area contributed by atoms with Gasteiger partial charge in [-0.15, -0.1) is 0 Å². The second kappa shape index (κ2) is 7.61. The lowest BCUT2D eigenvalue weighted by molar-refractivity contribution is 0.222. The van der Waals surface area contributed by atoms with Crippen LogP contribution in [0.4, 0.5) is 0 Å². The quantitative estimate of drug-likeness (QED) is 0.837. The van der Waals surface area contributed by atoms with Crippen LogP contribution in [0.5, 0.6) is 0 Å². The fourth-order valence-electron chi connectivity index (χ4n) is 2.26. The Morgan fingerprint density at radius 1 is 1.38 bits per heavy atom. The van der Waals surface area contributed by atoms with E-state index in [1.807, 2.05) is 11.7 Å². The van der Waals surface area contributed by atoms with Gasteiger partial charge in [0.2, 0.25) is 0 Å². The molecule has 21 heavy (non-hydrogen) atoms. The molecule has 0 aliphatic carbocycles. The number of halogens is 1. The molecular formula is C16H31ClN4. The van der Waals surface area contributed by atoms with Gasteiger partial charge in [-0.1, -0.05) is 39.3 Å². The van der Waals surface area contributed by atoms with Gasteiger partial charge in [-0.3, -0.25) is 4.68 Å². The Labute approximate surface area is 134 Å². The van der Waals surface area contributed by atoms with Gasteiger partial charge in [0.05, 0.1) is 29.5 Å². The van der Waals surface area contributed by atoms with Gasteiger partial charge in [-0.2, -0.15) is 5.10 Å². The van der Waals surface area contributed by atoms with E-state index >= 15 is 0 Å². The Kier molecular flexibility index (Phi) is 6.70. The second-order valence-electron chi connectivity index (χ2n) is 7.25. The molecule has 1 heterocycles. The predicted octanol–water partition coefficient (Wildman–Crippen LogP) is 3.43. The summed E-state index contributed by atoms with van der Waals surface area (Å²) in [7, 11) is 6.14. The maximum absolute atomic E-state index is 6.39. The number of hydrogen-bond acceptors (Lipinski definition) is 3. The lowest BCUT2D eigenvalue weighted by Crippen LogP contribution is -2.28. The molecule has 0 spiro atoms. The molecule has 0 radical (unpaired) electrons.